The van der Waals surface area contributed by atoms with Gasteiger partial charge in [0.15, 0.2) is 0 Å². The molecule has 0 spiro atoms. The first-order valence-corrected chi connectivity index (χ1v) is 8.27. The summed E-state index contributed by atoms with van der Waals surface area (Å²) in [6.07, 6.45) is 2.46. The molecule has 1 saturated carbocycles. The summed E-state index contributed by atoms with van der Waals surface area (Å²) in [7, 11) is 0. The monoisotopic (exact) mass is 287 g/mol. The summed E-state index contributed by atoms with van der Waals surface area (Å²) in [4.78, 5) is 13.3. The van der Waals surface area contributed by atoms with Crippen LogP contribution in [0.3, 0.4) is 0 Å². The molecule has 0 aromatic rings. The number of aliphatic hydroxyl groups is 1. The van der Waals surface area contributed by atoms with E-state index in [4.69, 9.17) is 5.11 Å². The van der Waals surface area contributed by atoms with E-state index in [1.54, 1.807) is 0 Å². The molecule has 0 bridgehead atoms. The van der Waals surface area contributed by atoms with E-state index in [0.717, 1.165) is 12.3 Å². The Hall–Kier alpha value is -0.260. The van der Waals surface area contributed by atoms with Crippen molar-refractivity contribution in [3.63, 3.8) is 0 Å². The number of aliphatic carboxylic acids is 1. The average Bonchev–Trinajstić information content (AvgIpc) is 2.35. The van der Waals surface area contributed by atoms with Gasteiger partial charge < -0.3 is 10.2 Å². The Bertz CT molecular complexity index is 329. The highest BCUT2D eigenvalue weighted by atomic mass is 32.2. The van der Waals surface area contributed by atoms with Crippen molar-refractivity contribution >= 4 is 17.7 Å². The zero-order valence-electron chi connectivity index (χ0n) is 11.8. The van der Waals surface area contributed by atoms with E-state index in [2.05, 4.69) is 18.7 Å². The topological polar surface area (TPSA) is 60.8 Å². The van der Waals surface area contributed by atoms with Gasteiger partial charge in [-0.3, -0.25) is 9.69 Å². The number of carboxylic acids is 1. The number of hydrogen-bond donors (Lipinski definition) is 2. The second-order valence-corrected chi connectivity index (χ2v) is 7.61. The molecule has 110 valence electrons. The maximum Gasteiger partial charge on any atom is 0.306 e. The van der Waals surface area contributed by atoms with Crippen LogP contribution in [-0.4, -0.2) is 56.8 Å². The van der Waals surface area contributed by atoms with Crippen LogP contribution in [-0.2, 0) is 4.79 Å². The van der Waals surface area contributed by atoms with E-state index in [1.165, 1.54) is 0 Å². The summed E-state index contributed by atoms with van der Waals surface area (Å²) in [5.41, 5.74) is -0.679. The third-order valence-electron chi connectivity index (χ3n) is 4.78. The van der Waals surface area contributed by atoms with Gasteiger partial charge in [-0.1, -0.05) is 6.92 Å². The van der Waals surface area contributed by atoms with E-state index < -0.39 is 11.6 Å². The van der Waals surface area contributed by atoms with E-state index >= 15 is 0 Å². The van der Waals surface area contributed by atoms with Crippen LogP contribution < -0.4 is 0 Å². The van der Waals surface area contributed by atoms with Crippen molar-refractivity contribution < 1.29 is 15.0 Å². The van der Waals surface area contributed by atoms with Crippen molar-refractivity contribution in [1.29, 1.82) is 0 Å². The largest absolute Gasteiger partial charge is 0.481 e. The normalized spacial score (nSPS) is 41.1. The quantitative estimate of drug-likeness (QED) is 0.829. The Labute approximate surface area is 119 Å². The minimum absolute atomic E-state index is 0.256. The first-order valence-electron chi connectivity index (χ1n) is 7.22. The first-order chi connectivity index (χ1) is 8.91. The molecule has 2 fully saturated rings. The molecule has 4 nitrogen and oxygen atoms in total. The third-order valence-corrected chi connectivity index (χ3v) is 6.12. The second kappa shape index (κ2) is 6.02. The lowest BCUT2D eigenvalue weighted by Gasteiger charge is -2.44. The van der Waals surface area contributed by atoms with Crippen LogP contribution in [0.15, 0.2) is 0 Å². The summed E-state index contributed by atoms with van der Waals surface area (Å²) in [6, 6.07) is 0.486. The molecule has 0 radical (unpaired) electrons. The van der Waals surface area contributed by atoms with E-state index in [-0.39, 0.29) is 5.92 Å². The Balaban J connectivity index is 1.90. The van der Waals surface area contributed by atoms with Gasteiger partial charge in [0.05, 0.1) is 11.5 Å². The predicted octanol–water partition coefficient (Wildman–Crippen LogP) is 1.82. The number of thioether (sulfide) groups is 1. The van der Waals surface area contributed by atoms with Gasteiger partial charge >= 0.3 is 5.97 Å². The highest BCUT2D eigenvalue weighted by Gasteiger charge is 2.39. The Morgan fingerprint density at radius 2 is 2.00 bits per heavy atom. The summed E-state index contributed by atoms with van der Waals surface area (Å²) in [6.45, 7) is 6.20. The van der Waals surface area contributed by atoms with Crippen LogP contribution in [0, 0.1) is 5.92 Å². The first kappa shape index (κ1) is 15.1. The van der Waals surface area contributed by atoms with Crippen molar-refractivity contribution in [3.8, 4) is 0 Å². The molecule has 19 heavy (non-hydrogen) atoms. The van der Waals surface area contributed by atoms with Crippen molar-refractivity contribution in [2.24, 2.45) is 5.92 Å². The van der Waals surface area contributed by atoms with Crippen molar-refractivity contribution in [1.82, 2.24) is 4.90 Å². The minimum atomic E-state index is -0.710. The van der Waals surface area contributed by atoms with Crippen LogP contribution in [0.4, 0.5) is 0 Å². The van der Waals surface area contributed by atoms with E-state index in [0.29, 0.717) is 43.5 Å². The fraction of sp³-hybridized carbons (Fsp3) is 0.929. The molecule has 2 aliphatic rings. The zero-order chi connectivity index (χ0) is 14.0. The third kappa shape index (κ3) is 3.64. The Morgan fingerprint density at radius 3 is 2.58 bits per heavy atom. The van der Waals surface area contributed by atoms with Crippen molar-refractivity contribution in [3.05, 3.63) is 0 Å². The number of carbonyl (C=O) groups is 1. The lowest BCUT2D eigenvalue weighted by Crippen LogP contribution is -2.53. The molecule has 2 unspecified atom stereocenters. The smallest absolute Gasteiger partial charge is 0.306 e. The van der Waals surface area contributed by atoms with Gasteiger partial charge in [0, 0.05) is 30.1 Å². The molecule has 0 aromatic carbocycles. The van der Waals surface area contributed by atoms with E-state index in [1.807, 2.05) is 11.8 Å². The molecule has 5 heteroatoms. The zero-order valence-corrected chi connectivity index (χ0v) is 12.7. The fourth-order valence-corrected chi connectivity index (χ4v) is 4.32. The molecule has 1 heterocycles. The van der Waals surface area contributed by atoms with E-state index in [9.17, 15) is 9.90 Å². The molecule has 1 aliphatic heterocycles. The summed E-state index contributed by atoms with van der Waals surface area (Å²) >= 11 is 1.99. The second-order valence-electron chi connectivity index (χ2n) is 6.12. The average molecular weight is 287 g/mol. The molecule has 1 saturated heterocycles. The van der Waals surface area contributed by atoms with Crippen LogP contribution in [0.1, 0.15) is 39.5 Å². The van der Waals surface area contributed by atoms with Gasteiger partial charge in [-0.15, -0.1) is 0 Å². The molecule has 2 N–H and O–H groups in total. The van der Waals surface area contributed by atoms with Gasteiger partial charge in [-0.2, -0.15) is 11.8 Å². The lowest BCUT2D eigenvalue weighted by atomic mass is 9.78. The van der Waals surface area contributed by atoms with Gasteiger partial charge in [0.25, 0.3) is 0 Å². The maximum atomic E-state index is 11.0. The number of β-amino-alcohol motifs (C(OH)–C–C–N with tert-alkyl or cyclic N) is 1. The highest BCUT2D eigenvalue weighted by Crippen LogP contribution is 2.34. The predicted molar refractivity (Wildman–Crippen MR) is 77.5 cm³/mol. The maximum absolute atomic E-state index is 11.0. The molecule has 2 atom stereocenters. The molecule has 0 aromatic heterocycles. The van der Waals surface area contributed by atoms with Crippen LogP contribution in [0.2, 0.25) is 0 Å². The van der Waals surface area contributed by atoms with Crippen molar-refractivity contribution in [2.45, 2.75) is 56.4 Å². The molecule has 1 aliphatic carbocycles. The lowest BCUT2D eigenvalue weighted by molar-refractivity contribution is -0.145. The Kier molecular flexibility index (Phi) is 4.79. The van der Waals surface area contributed by atoms with Crippen LogP contribution in [0.25, 0.3) is 0 Å². The number of carboxylic acid groups (broad SMARTS) is 1. The van der Waals surface area contributed by atoms with Gasteiger partial charge in [0.1, 0.15) is 0 Å². The summed E-state index contributed by atoms with van der Waals surface area (Å²) in [5, 5.41) is 20.3. The fourth-order valence-electron chi connectivity index (χ4n) is 3.16. The number of hydrogen-bond acceptors (Lipinski definition) is 4. The number of rotatable bonds is 3. The number of nitrogens with zero attached hydrogens (tertiary/aromatic N) is 1. The van der Waals surface area contributed by atoms with Crippen molar-refractivity contribution in [2.75, 3.05) is 18.8 Å². The van der Waals surface area contributed by atoms with Gasteiger partial charge in [0.2, 0.25) is 0 Å². The molecule has 2 rings (SSSR count). The van der Waals surface area contributed by atoms with Gasteiger partial charge in [-0.05, 0) is 32.6 Å². The molecular weight excluding hydrogens is 262 g/mol. The SMILES string of the molecule is CC1SCCN(CC2(O)CCC(C(=O)O)CC2)C1C. The standard InChI is InChI=1S/C14H25NO3S/c1-10-11(2)19-8-7-15(10)9-14(18)5-3-12(4-6-14)13(16)17/h10-12,18H,3-9H2,1-2H3,(H,16,17). The minimum Gasteiger partial charge on any atom is -0.481 e. The summed E-state index contributed by atoms with van der Waals surface area (Å²) in [5.74, 6) is 0.159. The molecular formula is C14H25NO3S. The van der Waals surface area contributed by atoms with Crippen LogP contribution in [0.5, 0.6) is 0 Å². The molecule has 0 amide bonds. The van der Waals surface area contributed by atoms with Crippen LogP contribution >= 0.6 is 11.8 Å². The highest BCUT2D eigenvalue weighted by molar-refractivity contribution is 8.00. The summed E-state index contributed by atoms with van der Waals surface area (Å²) < 4.78 is 0. The Morgan fingerprint density at radius 1 is 1.37 bits per heavy atom. The van der Waals surface area contributed by atoms with Gasteiger partial charge in [-0.25, -0.2) is 0 Å².